The van der Waals surface area contributed by atoms with E-state index in [2.05, 4.69) is 15.5 Å². The van der Waals surface area contributed by atoms with Gasteiger partial charge in [0.1, 0.15) is 5.82 Å². The van der Waals surface area contributed by atoms with Crippen molar-refractivity contribution in [2.24, 2.45) is 0 Å². The van der Waals surface area contributed by atoms with Crippen LogP contribution in [0.5, 0.6) is 0 Å². The van der Waals surface area contributed by atoms with Crippen molar-refractivity contribution >= 4 is 5.91 Å². The van der Waals surface area contributed by atoms with Crippen molar-refractivity contribution < 1.29 is 9.18 Å². The van der Waals surface area contributed by atoms with Crippen LogP contribution in [-0.4, -0.2) is 16.1 Å². The predicted octanol–water partition coefficient (Wildman–Crippen LogP) is 2.68. The number of halogens is 1. The summed E-state index contributed by atoms with van der Waals surface area (Å²) in [7, 11) is 0. The molecule has 1 atom stereocenters. The van der Waals surface area contributed by atoms with Gasteiger partial charge < -0.3 is 5.32 Å². The Hall–Kier alpha value is -2.17. The van der Waals surface area contributed by atoms with Gasteiger partial charge in [0.05, 0.1) is 17.9 Å². The van der Waals surface area contributed by atoms with E-state index in [4.69, 9.17) is 0 Å². The Bertz CT molecular complexity index is 621. The maximum absolute atomic E-state index is 12.8. The monoisotopic (exact) mass is 287 g/mol. The molecule has 0 saturated heterocycles. The maximum atomic E-state index is 12.8. The number of carbonyl (C=O) groups is 1. The highest BCUT2D eigenvalue weighted by Crippen LogP contribution is 2.27. The number of aryl methyl sites for hydroxylation is 2. The van der Waals surface area contributed by atoms with E-state index >= 15 is 0 Å². The SMILES string of the molecule is O=C(CCc1ccc(F)cc1)N[C@H]1CCCc2cn[nH]c21. The Morgan fingerprint density at radius 1 is 1.38 bits per heavy atom. The van der Waals surface area contributed by atoms with E-state index in [-0.39, 0.29) is 17.8 Å². The van der Waals surface area contributed by atoms with Gasteiger partial charge in [-0.1, -0.05) is 12.1 Å². The number of nitrogens with zero attached hydrogens (tertiary/aromatic N) is 1. The number of hydrogen-bond acceptors (Lipinski definition) is 2. The molecule has 3 rings (SSSR count). The number of fused-ring (bicyclic) bond motifs is 1. The Morgan fingerprint density at radius 2 is 2.19 bits per heavy atom. The summed E-state index contributed by atoms with van der Waals surface area (Å²) < 4.78 is 12.8. The van der Waals surface area contributed by atoms with E-state index in [1.54, 1.807) is 12.1 Å². The molecule has 0 unspecified atom stereocenters. The van der Waals surface area contributed by atoms with Gasteiger partial charge in [0.2, 0.25) is 5.91 Å². The lowest BCUT2D eigenvalue weighted by atomic mass is 9.93. The zero-order valence-electron chi connectivity index (χ0n) is 11.7. The Labute approximate surface area is 122 Å². The van der Waals surface area contributed by atoms with Crippen molar-refractivity contribution in [1.82, 2.24) is 15.5 Å². The summed E-state index contributed by atoms with van der Waals surface area (Å²) in [6.45, 7) is 0. The van der Waals surface area contributed by atoms with Gasteiger partial charge in [-0.05, 0) is 48.9 Å². The third kappa shape index (κ3) is 3.29. The van der Waals surface area contributed by atoms with Crippen LogP contribution in [0.4, 0.5) is 4.39 Å². The second kappa shape index (κ2) is 6.08. The van der Waals surface area contributed by atoms with Crippen LogP contribution < -0.4 is 5.32 Å². The number of aromatic amines is 1. The average molecular weight is 287 g/mol. The van der Waals surface area contributed by atoms with Gasteiger partial charge in [0, 0.05) is 6.42 Å². The Morgan fingerprint density at radius 3 is 3.00 bits per heavy atom. The van der Waals surface area contributed by atoms with Crippen LogP contribution in [0.2, 0.25) is 0 Å². The lowest BCUT2D eigenvalue weighted by Crippen LogP contribution is -2.31. The third-order valence-corrected chi connectivity index (χ3v) is 3.93. The van der Waals surface area contributed by atoms with Crippen LogP contribution in [0.3, 0.4) is 0 Å². The summed E-state index contributed by atoms with van der Waals surface area (Å²) in [6.07, 6.45) is 5.90. The Kier molecular flexibility index (Phi) is 3.99. The van der Waals surface area contributed by atoms with Crippen LogP contribution in [-0.2, 0) is 17.6 Å². The van der Waals surface area contributed by atoms with Gasteiger partial charge in [-0.15, -0.1) is 0 Å². The van der Waals surface area contributed by atoms with E-state index in [1.807, 2.05) is 6.20 Å². The molecule has 0 saturated carbocycles. The first kappa shape index (κ1) is 13.8. The summed E-state index contributed by atoms with van der Waals surface area (Å²) in [4.78, 5) is 12.1. The Balaban J connectivity index is 1.54. The van der Waals surface area contributed by atoms with Gasteiger partial charge in [-0.3, -0.25) is 9.89 Å². The largest absolute Gasteiger partial charge is 0.348 e. The third-order valence-electron chi connectivity index (χ3n) is 3.93. The van der Waals surface area contributed by atoms with Crippen LogP contribution in [0.1, 0.15) is 42.1 Å². The number of H-pyrrole nitrogens is 1. The topological polar surface area (TPSA) is 57.8 Å². The van der Waals surface area contributed by atoms with E-state index in [0.717, 1.165) is 30.5 Å². The highest BCUT2D eigenvalue weighted by molar-refractivity contribution is 5.76. The lowest BCUT2D eigenvalue weighted by Gasteiger charge is -2.22. The molecular formula is C16H18FN3O. The molecule has 0 aliphatic heterocycles. The van der Waals surface area contributed by atoms with Crippen molar-refractivity contribution in [3.63, 3.8) is 0 Å². The van der Waals surface area contributed by atoms with Gasteiger partial charge >= 0.3 is 0 Å². The first-order chi connectivity index (χ1) is 10.2. The van der Waals surface area contributed by atoms with Crippen LogP contribution in [0, 0.1) is 5.82 Å². The number of hydrogen-bond donors (Lipinski definition) is 2. The maximum Gasteiger partial charge on any atom is 0.220 e. The smallest absolute Gasteiger partial charge is 0.220 e. The number of aromatic nitrogens is 2. The zero-order valence-corrected chi connectivity index (χ0v) is 11.7. The molecule has 2 N–H and O–H groups in total. The standard InChI is InChI=1S/C16H18FN3O/c17-13-7-4-11(5-8-13)6-9-15(21)19-14-3-1-2-12-10-18-20-16(12)14/h4-5,7-8,10,14H,1-3,6,9H2,(H,18,20)(H,19,21)/t14-/m0/s1. The fraction of sp³-hybridized carbons (Fsp3) is 0.375. The molecule has 0 bridgehead atoms. The predicted molar refractivity (Wildman–Crippen MR) is 77.1 cm³/mol. The van der Waals surface area contributed by atoms with E-state index in [1.165, 1.54) is 17.7 Å². The van der Waals surface area contributed by atoms with Crippen LogP contribution >= 0.6 is 0 Å². The first-order valence-electron chi connectivity index (χ1n) is 7.28. The fourth-order valence-corrected chi connectivity index (χ4v) is 2.78. The molecule has 1 aromatic carbocycles. The minimum absolute atomic E-state index is 0.0202. The van der Waals surface area contributed by atoms with E-state index in [0.29, 0.717) is 12.8 Å². The van der Waals surface area contributed by atoms with Crippen molar-refractivity contribution in [2.75, 3.05) is 0 Å². The summed E-state index contributed by atoms with van der Waals surface area (Å²) in [5.74, 6) is -0.232. The number of benzene rings is 1. The first-order valence-corrected chi connectivity index (χ1v) is 7.28. The summed E-state index contributed by atoms with van der Waals surface area (Å²) >= 11 is 0. The molecule has 110 valence electrons. The van der Waals surface area contributed by atoms with Crippen molar-refractivity contribution in [2.45, 2.75) is 38.1 Å². The molecule has 1 aromatic heterocycles. The number of carbonyl (C=O) groups excluding carboxylic acids is 1. The molecule has 4 nitrogen and oxygen atoms in total. The number of nitrogens with one attached hydrogen (secondary N) is 2. The minimum atomic E-state index is -0.253. The number of rotatable bonds is 4. The minimum Gasteiger partial charge on any atom is -0.348 e. The number of amides is 1. The lowest BCUT2D eigenvalue weighted by molar-refractivity contribution is -0.121. The van der Waals surface area contributed by atoms with Crippen molar-refractivity contribution in [3.05, 3.63) is 53.1 Å². The molecule has 1 aliphatic rings. The molecule has 0 radical (unpaired) electrons. The molecule has 21 heavy (non-hydrogen) atoms. The van der Waals surface area contributed by atoms with Gasteiger partial charge in [-0.25, -0.2) is 4.39 Å². The zero-order chi connectivity index (χ0) is 14.7. The summed E-state index contributed by atoms with van der Waals surface area (Å²) in [5.41, 5.74) is 3.21. The van der Waals surface area contributed by atoms with Crippen LogP contribution in [0.25, 0.3) is 0 Å². The highest BCUT2D eigenvalue weighted by Gasteiger charge is 2.23. The van der Waals surface area contributed by atoms with Gasteiger partial charge in [0.15, 0.2) is 0 Å². The highest BCUT2D eigenvalue weighted by atomic mass is 19.1. The molecule has 1 aliphatic carbocycles. The van der Waals surface area contributed by atoms with Gasteiger partial charge in [0.25, 0.3) is 0 Å². The second-order valence-electron chi connectivity index (χ2n) is 5.45. The summed E-state index contributed by atoms with van der Waals surface area (Å²) in [6, 6.07) is 6.32. The molecule has 0 spiro atoms. The van der Waals surface area contributed by atoms with E-state index < -0.39 is 0 Å². The molecule has 1 amide bonds. The second-order valence-corrected chi connectivity index (χ2v) is 5.45. The molecule has 2 aromatic rings. The normalized spacial score (nSPS) is 17.3. The molecule has 5 heteroatoms. The molecule has 0 fully saturated rings. The fourth-order valence-electron chi connectivity index (χ4n) is 2.78. The van der Waals surface area contributed by atoms with Crippen molar-refractivity contribution in [3.8, 4) is 0 Å². The average Bonchev–Trinajstić information content (AvgIpc) is 2.96. The molecular weight excluding hydrogens is 269 g/mol. The van der Waals surface area contributed by atoms with Crippen LogP contribution in [0.15, 0.2) is 30.5 Å². The van der Waals surface area contributed by atoms with E-state index in [9.17, 15) is 9.18 Å². The van der Waals surface area contributed by atoms with Gasteiger partial charge in [-0.2, -0.15) is 5.10 Å². The summed E-state index contributed by atoms with van der Waals surface area (Å²) in [5, 5.41) is 10.1. The molecule has 1 heterocycles. The van der Waals surface area contributed by atoms with Crippen molar-refractivity contribution in [1.29, 1.82) is 0 Å². The quantitative estimate of drug-likeness (QED) is 0.908.